The molecule has 2 aromatic rings. The van der Waals surface area contributed by atoms with E-state index in [1.54, 1.807) is 0 Å². The molecule has 1 aromatic carbocycles. The van der Waals surface area contributed by atoms with Crippen LogP contribution in [0.3, 0.4) is 0 Å². The number of fused-ring (bicyclic) bond motifs is 1. The number of hydrogen-bond donors (Lipinski definition) is 2. The van der Waals surface area contributed by atoms with Crippen LogP contribution in [0, 0.1) is 0 Å². The quantitative estimate of drug-likeness (QED) is 0.847. The van der Waals surface area contributed by atoms with Crippen molar-refractivity contribution in [1.82, 2.24) is 0 Å². The lowest BCUT2D eigenvalue weighted by atomic mass is 9.94. The van der Waals surface area contributed by atoms with Gasteiger partial charge in [0.15, 0.2) is 0 Å². The zero-order chi connectivity index (χ0) is 17.6. The minimum atomic E-state index is -0.510. The molecule has 4 rings (SSSR count). The van der Waals surface area contributed by atoms with Gasteiger partial charge in [0.05, 0.1) is 11.0 Å². The maximum absolute atomic E-state index is 13.0. The number of carbonyl (C=O) groups is 2. The van der Waals surface area contributed by atoms with Gasteiger partial charge in [0, 0.05) is 9.90 Å². The van der Waals surface area contributed by atoms with Gasteiger partial charge in [-0.3, -0.25) is 9.59 Å². The largest absolute Gasteiger partial charge is 0.365 e. The number of aryl methyl sites for hydroxylation is 1. The highest BCUT2D eigenvalue weighted by molar-refractivity contribution is 7.17. The van der Waals surface area contributed by atoms with E-state index in [1.165, 1.54) is 16.2 Å². The lowest BCUT2D eigenvalue weighted by Gasteiger charge is -2.16. The van der Waals surface area contributed by atoms with E-state index >= 15 is 0 Å². The fourth-order valence-electron chi connectivity index (χ4n) is 3.68. The van der Waals surface area contributed by atoms with Crippen molar-refractivity contribution in [1.29, 1.82) is 0 Å². The smallest absolute Gasteiger partial charge is 0.251 e. The maximum atomic E-state index is 13.0. The van der Waals surface area contributed by atoms with Gasteiger partial charge in [-0.25, -0.2) is 0 Å². The summed E-state index contributed by atoms with van der Waals surface area (Å²) in [7, 11) is 0. The fraction of sp³-hybridized carbons (Fsp3) is 0.368. The lowest BCUT2D eigenvalue weighted by molar-refractivity contribution is -0.118. The highest BCUT2D eigenvalue weighted by atomic mass is 35.5. The van der Waals surface area contributed by atoms with E-state index in [4.69, 9.17) is 17.3 Å². The molecule has 25 heavy (non-hydrogen) atoms. The second-order valence-corrected chi connectivity index (χ2v) is 8.36. The highest BCUT2D eigenvalue weighted by Crippen LogP contribution is 2.50. The number of nitrogens with two attached hydrogens (primary N) is 1. The average Bonchev–Trinajstić information content (AvgIpc) is 3.31. The molecule has 0 spiro atoms. The summed E-state index contributed by atoms with van der Waals surface area (Å²) in [5.74, 6) is -0.512. The molecule has 1 heterocycles. The number of halogens is 1. The summed E-state index contributed by atoms with van der Waals surface area (Å²) < 4.78 is 0. The van der Waals surface area contributed by atoms with E-state index in [9.17, 15) is 9.59 Å². The lowest BCUT2D eigenvalue weighted by Crippen LogP contribution is -2.28. The molecule has 0 aliphatic heterocycles. The van der Waals surface area contributed by atoms with E-state index in [2.05, 4.69) is 5.32 Å². The van der Waals surface area contributed by atoms with Crippen LogP contribution in [0.2, 0.25) is 5.02 Å². The van der Waals surface area contributed by atoms with Crippen LogP contribution in [0.15, 0.2) is 24.3 Å². The Hall–Kier alpha value is -1.85. The first kappa shape index (κ1) is 16.6. The molecule has 2 aliphatic rings. The number of benzene rings is 1. The summed E-state index contributed by atoms with van der Waals surface area (Å²) in [5, 5.41) is 4.28. The minimum absolute atomic E-state index is 0.0593. The Labute approximate surface area is 155 Å². The molecule has 0 bridgehead atoms. The van der Waals surface area contributed by atoms with E-state index in [-0.39, 0.29) is 5.91 Å². The molecule has 1 aromatic heterocycles. The average molecular weight is 375 g/mol. The SMILES string of the molecule is NC(=O)c1c(NC(=O)C2(c3ccc(Cl)cc3)CC2)sc2c1CCCC2. The molecular weight excluding hydrogens is 356 g/mol. The van der Waals surface area contributed by atoms with Crippen LogP contribution in [-0.4, -0.2) is 11.8 Å². The van der Waals surface area contributed by atoms with Gasteiger partial charge in [-0.05, 0) is 61.8 Å². The van der Waals surface area contributed by atoms with E-state index < -0.39 is 11.3 Å². The molecule has 1 saturated carbocycles. The van der Waals surface area contributed by atoms with E-state index in [0.717, 1.165) is 49.7 Å². The number of anilines is 1. The Morgan fingerprint density at radius 2 is 1.80 bits per heavy atom. The Morgan fingerprint density at radius 3 is 2.44 bits per heavy atom. The Morgan fingerprint density at radius 1 is 1.12 bits per heavy atom. The summed E-state index contributed by atoms with van der Waals surface area (Å²) in [5.41, 5.74) is 7.62. The summed E-state index contributed by atoms with van der Waals surface area (Å²) in [6.07, 6.45) is 5.61. The molecule has 4 nitrogen and oxygen atoms in total. The Bertz CT molecular complexity index is 853. The van der Waals surface area contributed by atoms with Crippen molar-refractivity contribution in [3.8, 4) is 0 Å². The molecule has 1 fully saturated rings. The van der Waals surface area contributed by atoms with Crippen LogP contribution >= 0.6 is 22.9 Å². The second-order valence-electron chi connectivity index (χ2n) is 6.82. The highest BCUT2D eigenvalue weighted by Gasteiger charge is 2.51. The van der Waals surface area contributed by atoms with Gasteiger partial charge in [0.25, 0.3) is 5.91 Å². The molecule has 2 aliphatic carbocycles. The zero-order valence-electron chi connectivity index (χ0n) is 13.7. The van der Waals surface area contributed by atoms with Crippen molar-refractivity contribution in [3.63, 3.8) is 0 Å². The molecule has 0 unspecified atom stereocenters. The number of nitrogens with one attached hydrogen (secondary N) is 1. The summed E-state index contributed by atoms with van der Waals surface area (Å²) in [6.45, 7) is 0. The van der Waals surface area contributed by atoms with Crippen molar-refractivity contribution in [2.45, 2.75) is 43.9 Å². The van der Waals surface area contributed by atoms with Crippen LogP contribution in [0.4, 0.5) is 5.00 Å². The number of primary amides is 1. The van der Waals surface area contributed by atoms with E-state index in [1.807, 2.05) is 24.3 Å². The third-order valence-electron chi connectivity index (χ3n) is 5.23. The van der Waals surface area contributed by atoms with Crippen LogP contribution < -0.4 is 11.1 Å². The number of hydrogen-bond acceptors (Lipinski definition) is 3. The van der Waals surface area contributed by atoms with Crippen molar-refractivity contribution >= 4 is 39.8 Å². The van der Waals surface area contributed by atoms with Crippen LogP contribution in [0.1, 0.15) is 52.0 Å². The Kier molecular flexibility index (Phi) is 4.08. The van der Waals surface area contributed by atoms with E-state index in [0.29, 0.717) is 15.6 Å². The molecule has 0 radical (unpaired) electrons. The predicted molar refractivity (Wildman–Crippen MR) is 100 cm³/mol. The van der Waals surface area contributed by atoms with Crippen molar-refractivity contribution in [3.05, 3.63) is 50.9 Å². The number of carbonyl (C=O) groups excluding carboxylic acids is 2. The van der Waals surface area contributed by atoms with Gasteiger partial charge in [0.1, 0.15) is 5.00 Å². The normalized spacial score (nSPS) is 17.6. The third kappa shape index (κ3) is 2.85. The van der Waals surface area contributed by atoms with Gasteiger partial charge < -0.3 is 11.1 Å². The van der Waals surface area contributed by atoms with Crippen molar-refractivity contribution < 1.29 is 9.59 Å². The first-order valence-corrected chi connectivity index (χ1v) is 9.72. The standard InChI is InChI=1S/C19H19ClN2O2S/c20-12-7-5-11(6-8-12)19(9-10-19)18(24)22-17-15(16(21)23)13-3-1-2-4-14(13)25-17/h5-8H,1-4,9-10H2,(H2,21,23)(H,22,24). The van der Waals surface area contributed by atoms with Gasteiger partial charge in [-0.2, -0.15) is 0 Å². The Balaban J connectivity index is 1.64. The zero-order valence-corrected chi connectivity index (χ0v) is 15.3. The van der Waals surface area contributed by atoms with Gasteiger partial charge in [-0.1, -0.05) is 23.7 Å². The topological polar surface area (TPSA) is 72.2 Å². The third-order valence-corrected chi connectivity index (χ3v) is 6.69. The fourth-order valence-corrected chi connectivity index (χ4v) is 5.09. The molecule has 2 amide bonds. The molecule has 6 heteroatoms. The first-order valence-electron chi connectivity index (χ1n) is 8.53. The van der Waals surface area contributed by atoms with Crippen molar-refractivity contribution in [2.24, 2.45) is 5.73 Å². The molecule has 0 saturated heterocycles. The predicted octanol–water partition coefficient (Wildman–Crippen LogP) is 4.05. The number of rotatable bonds is 4. The molecular formula is C19H19ClN2O2S. The van der Waals surface area contributed by atoms with Crippen LogP contribution in [-0.2, 0) is 23.1 Å². The molecule has 3 N–H and O–H groups in total. The molecule has 0 atom stereocenters. The second kappa shape index (κ2) is 6.15. The first-order chi connectivity index (χ1) is 12.0. The van der Waals surface area contributed by atoms with Crippen LogP contribution in [0.5, 0.6) is 0 Å². The van der Waals surface area contributed by atoms with Gasteiger partial charge in [-0.15, -0.1) is 11.3 Å². The monoisotopic (exact) mass is 374 g/mol. The summed E-state index contributed by atoms with van der Waals surface area (Å²) in [4.78, 5) is 26.1. The maximum Gasteiger partial charge on any atom is 0.251 e. The minimum Gasteiger partial charge on any atom is -0.365 e. The summed E-state index contributed by atoms with van der Waals surface area (Å²) >= 11 is 7.46. The van der Waals surface area contributed by atoms with Crippen molar-refractivity contribution in [2.75, 3.05) is 5.32 Å². The number of amides is 2. The van der Waals surface area contributed by atoms with Gasteiger partial charge >= 0.3 is 0 Å². The van der Waals surface area contributed by atoms with Crippen LogP contribution in [0.25, 0.3) is 0 Å². The van der Waals surface area contributed by atoms with Gasteiger partial charge in [0.2, 0.25) is 5.91 Å². The molecule has 130 valence electrons. The number of thiophene rings is 1. The summed E-state index contributed by atoms with van der Waals surface area (Å²) in [6, 6.07) is 7.43.